The zero-order valence-electron chi connectivity index (χ0n) is 12.2. The molecule has 0 aliphatic heterocycles. The topological polar surface area (TPSA) is 83.5 Å². The van der Waals surface area contributed by atoms with E-state index in [9.17, 15) is 13.2 Å². The molecule has 5 nitrogen and oxygen atoms in total. The summed E-state index contributed by atoms with van der Waals surface area (Å²) in [5.74, 6) is -0.868. The minimum Gasteiger partial charge on any atom is -0.480 e. The molecule has 0 saturated carbocycles. The van der Waals surface area contributed by atoms with Gasteiger partial charge >= 0.3 is 5.97 Å². The number of carboxylic acids is 1. The van der Waals surface area contributed by atoms with E-state index in [0.717, 1.165) is 5.56 Å². The van der Waals surface area contributed by atoms with Gasteiger partial charge in [-0.05, 0) is 29.9 Å². The van der Waals surface area contributed by atoms with E-state index in [2.05, 4.69) is 4.72 Å². The number of hydrogen-bond donors (Lipinski definition) is 2. The average molecular weight is 331 g/mol. The highest BCUT2D eigenvalue weighted by molar-refractivity contribution is 7.98. The fourth-order valence-corrected chi connectivity index (χ4v) is 4.01. The Hall–Kier alpha value is -1.05. The molecule has 0 heterocycles. The minimum absolute atomic E-state index is 0.125. The van der Waals surface area contributed by atoms with Crippen molar-refractivity contribution < 1.29 is 18.3 Å². The molecule has 0 aliphatic rings. The molecule has 0 amide bonds. The van der Waals surface area contributed by atoms with E-state index in [0.29, 0.717) is 5.75 Å². The fourth-order valence-electron chi connectivity index (χ4n) is 1.94. The lowest BCUT2D eigenvalue weighted by Gasteiger charge is -2.17. The van der Waals surface area contributed by atoms with E-state index in [4.69, 9.17) is 5.11 Å². The molecule has 0 saturated heterocycles. The van der Waals surface area contributed by atoms with Gasteiger partial charge < -0.3 is 5.11 Å². The minimum atomic E-state index is -3.64. The van der Waals surface area contributed by atoms with Crippen molar-refractivity contribution in [1.29, 1.82) is 0 Å². The molecular formula is C14H21NO4S2. The Kier molecular flexibility index (Phi) is 7.21. The molecule has 1 aromatic carbocycles. The van der Waals surface area contributed by atoms with Crippen LogP contribution in [0.1, 0.15) is 24.8 Å². The molecule has 0 bridgehead atoms. The second kappa shape index (κ2) is 8.41. The van der Waals surface area contributed by atoms with E-state index in [1.54, 1.807) is 0 Å². The summed E-state index contributed by atoms with van der Waals surface area (Å²) in [6.07, 6.45) is 2.13. The molecule has 2 atom stereocenters. The summed E-state index contributed by atoms with van der Waals surface area (Å²) in [5.41, 5.74) is 0.916. The van der Waals surface area contributed by atoms with Crippen molar-refractivity contribution in [2.45, 2.75) is 25.3 Å². The molecule has 2 N–H and O–H groups in total. The van der Waals surface area contributed by atoms with Crippen LogP contribution in [0.2, 0.25) is 0 Å². The molecular weight excluding hydrogens is 310 g/mol. The van der Waals surface area contributed by atoms with Crippen LogP contribution in [0.3, 0.4) is 0 Å². The second-order valence-electron chi connectivity index (χ2n) is 4.88. The van der Waals surface area contributed by atoms with Gasteiger partial charge in [0, 0.05) is 0 Å². The predicted molar refractivity (Wildman–Crippen MR) is 86.2 cm³/mol. The Morgan fingerprint density at radius 2 is 1.95 bits per heavy atom. The number of carbonyl (C=O) groups is 1. The number of aliphatic carboxylic acids is 1. The van der Waals surface area contributed by atoms with Crippen molar-refractivity contribution in [2.75, 3.05) is 17.8 Å². The molecule has 0 aliphatic carbocycles. The summed E-state index contributed by atoms with van der Waals surface area (Å²) in [6.45, 7) is 1.81. The Morgan fingerprint density at radius 1 is 1.33 bits per heavy atom. The summed E-state index contributed by atoms with van der Waals surface area (Å²) in [5, 5.41) is 9.08. The van der Waals surface area contributed by atoms with Gasteiger partial charge in [0.2, 0.25) is 10.0 Å². The van der Waals surface area contributed by atoms with E-state index in [-0.39, 0.29) is 18.1 Å². The van der Waals surface area contributed by atoms with Crippen molar-refractivity contribution in [1.82, 2.24) is 4.72 Å². The van der Waals surface area contributed by atoms with Gasteiger partial charge in [-0.15, -0.1) is 0 Å². The number of carboxylic acid groups (broad SMARTS) is 1. The van der Waals surface area contributed by atoms with Crippen molar-refractivity contribution in [3.63, 3.8) is 0 Å². The molecule has 7 heteroatoms. The highest BCUT2D eigenvalue weighted by Gasteiger charge is 2.25. The van der Waals surface area contributed by atoms with Crippen LogP contribution in [-0.4, -0.2) is 43.3 Å². The molecule has 1 rings (SSSR count). The zero-order valence-corrected chi connectivity index (χ0v) is 13.8. The number of benzene rings is 1. The third-order valence-corrected chi connectivity index (χ3v) is 5.30. The van der Waals surface area contributed by atoms with Gasteiger partial charge in [-0.3, -0.25) is 4.79 Å². The third-order valence-electron chi connectivity index (χ3n) is 3.07. The molecule has 0 spiro atoms. The molecule has 1 unspecified atom stereocenters. The van der Waals surface area contributed by atoms with E-state index in [1.165, 1.54) is 11.8 Å². The molecule has 0 radical (unpaired) electrons. The standard InChI is InChI=1S/C14H21NO4S2/c1-11(12-6-4-3-5-7-12)10-21(18,19)15-13(14(16)17)8-9-20-2/h3-7,11,13,15H,8-10H2,1-2H3,(H,16,17)/t11?,13-/m1/s1. The smallest absolute Gasteiger partial charge is 0.321 e. The van der Waals surface area contributed by atoms with Gasteiger partial charge in [-0.25, -0.2) is 13.1 Å². The Bertz CT molecular complexity index is 545. The van der Waals surface area contributed by atoms with Gasteiger partial charge in [-0.1, -0.05) is 37.3 Å². The number of rotatable bonds is 9. The molecule has 0 fully saturated rings. The van der Waals surface area contributed by atoms with Gasteiger partial charge in [0.15, 0.2) is 0 Å². The number of hydrogen-bond acceptors (Lipinski definition) is 4. The summed E-state index contributed by atoms with van der Waals surface area (Å²) >= 11 is 1.49. The Balaban J connectivity index is 2.69. The summed E-state index contributed by atoms with van der Waals surface area (Å²) in [4.78, 5) is 11.1. The number of nitrogens with one attached hydrogen (secondary N) is 1. The maximum Gasteiger partial charge on any atom is 0.321 e. The normalized spacial score (nSPS) is 14.6. The first kappa shape index (κ1) is 18.0. The summed E-state index contributed by atoms with van der Waals surface area (Å²) in [7, 11) is -3.64. The lowest BCUT2D eigenvalue weighted by atomic mass is 10.0. The van der Waals surface area contributed by atoms with Gasteiger partial charge in [-0.2, -0.15) is 11.8 Å². The van der Waals surface area contributed by atoms with Crippen molar-refractivity contribution in [3.8, 4) is 0 Å². The first-order chi connectivity index (χ1) is 9.85. The first-order valence-corrected chi connectivity index (χ1v) is 9.67. The lowest BCUT2D eigenvalue weighted by Crippen LogP contribution is -2.42. The highest BCUT2D eigenvalue weighted by atomic mass is 32.2. The number of sulfonamides is 1. The lowest BCUT2D eigenvalue weighted by molar-refractivity contribution is -0.139. The predicted octanol–water partition coefficient (Wildman–Crippen LogP) is 1.92. The van der Waals surface area contributed by atoms with Crippen LogP contribution in [0.4, 0.5) is 0 Å². The average Bonchev–Trinajstić information content (AvgIpc) is 2.43. The third kappa shape index (κ3) is 6.50. The van der Waals surface area contributed by atoms with Crippen molar-refractivity contribution in [3.05, 3.63) is 35.9 Å². The Labute approximate surface area is 130 Å². The van der Waals surface area contributed by atoms with E-state index in [1.807, 2.05) is 43.5 Å². The SMILES string of the molecule is CSCC[C@@H](NS(=O)(=O)CC(C)c1ccccc1)C(=O)O. The summed E-state index contributed by atoms with van der Waals surface area (Å²) in [6, 6.07) is 8.23. The van der Waals surface area contributed by atoms with Gasteiger partial charge in [0.25, 0.3) is 0 Å². The van der Waals surface area contributed by atoms with Crippen molar-refractivity contribution >= 4 is 27.8 Å². The maximum absolute atomic E-state index is 12.1. The quantitative estimate of drug-likeness (QED) is 0.722. The maximum atomic E-state index is 12.1. The monoisotopic (exact) mass is 331 g/mol. The van der Waals surface area contributed by atoms with Crippen LogP contribution >= 0.6 is 11.8 Å². The molecule has 21 heavy (non-hydrogen) atoms. The molecule has 0 aromatic heterocycles. The van der Waals surface area contributed by atoms with Gasteiger partial charge in [0.1, 0.15) is 6.04 Å². The highest BCUT2D eigenvalue weighted by Crippen LogP contribution is 2.16. The first-order valence-electron chi connectivity index (χ1n) is 6.62. The van der Waals surface area contributed by atoms with Gasteiger partial charge in [0.05, 0.1) is 5.75 Å². The van der Waals surface area contributed by atoms with Crippen LogP contribution in [0.25, 0.3) is 0 Å². The largest absolute Gasteiger partial charge is 0.480 e. The van der Waals surface area contributed by atoms with Crippen LogP contribution in [0.5, 0.6) is 0 Å². The fraction of sp³-hybridized carbons (Fsp3) is 0.500. The van der Waals surface area contributed by atoms with E-state index >= 15 is 0 Å². The summed E-state index contributed by atoms with van der Waals surface area (Å²) < 4.78 is 26.5. The van der Waals surface area contributed by atoms with Crippen LogP contribution < -0.4 is 4.72 Å². The zero-order chi connectivity index (χ0) is 15.9. The Morgan fingerprint density at radius 3 is 2.48 bits per heavy atom. The number of thioether (sulfide) groups is 1. The van der Waals surface area contributed by atoms with E-state index < -0.39 is 22.0 Å². The van der Waals surface area contributed by atoms with Crippen LogP contribution in [0.15, 0.2) is 30.3 Å². The van der Waals surface area contributed by atoms with Crippen LogP contribution in [-0.2, 0) is 14.8 Å². The molecule has 1 aromatic rings. The van der Waals surface area contributed by atoms with Crippen molar-refractivity contribution in [2.24, 2.45) is 0 Å². The second-order valence-corrected chi connectivity index (χ2v) is 7.67. The van der Waals surface area contributed by atoms with Crippen LogP contribution in [0, 0.1) is 0 Å². The molecule has 118 valence electrons.